The molecule has 0 aliphatic rings. The van der Waals surface area contributed by atoms with Gasteiger partial charge in [0.05, 0.1) is 12.3 Å². The lowest BCUT2D eigenvalue weighted by atomic mass is 10.3. The lowest BCUT2D eigenvalue weighted by Crippen LogP contribution is -2.34. The average molecular weight is 253 g/mol. The fraction of sp³-hybridized carbons (Fsp3) is 0.583. The fourth-order valence-corrected chi connectivity index (χ4v) is 1.57. The zero-order valence-electron chi connectivity index (χ0n) is 11.3. The van der Waals surface area contributed by atoms with Crippen LogP contribution in [0, 0.1) is 0 Å². The maximum absolute atomic E-state index is 12.1. The van der Waals surface area contributed by atoms with Gasteiger partial charge in [-0.1, -0.05) is 6.92 Å². The quantitative estimate of drug-likeness (QED) is 0.721. The van der Waals surface area contributed by atoms with Crippen molar-refractivity contribution in [2.24, 2.45) is 7.05 Å². The molecule has 100 valence electrons. The normalized spacial score (nSPS) is 10.2. The van der Waals surface area contributed by atoms with E-state index in [1.165, 1.54) is 9.58 Å². The lowest BCUT2D eigenvalue weighted by Gasteiger charge is -2.15. The molecule has 0 saturated heterocycles. The van der Waals surface area contributed by atoms with Crippen molar-refractivity contribution in [3.8, 4) is 0 Å². The highest BCUT2D eigenvalue weighted by molar-refractivity contribution is 5.94. The topological polar surface area (TPSA) is 64.4 Å². The molecule has 0 atom stereocenters. The molecule has 1 heterocycles. The molecule has 0 aliphatic carbocycles. The van der Waals surface area contributed by atoms with Crippen LogP contribution in [0.4, 0.5) is 0 Å². The molecule has 6 heteroatoms. The van der Waals surface area contributed by atoms with E-state index in [0.29, 0.717) is 12.3 Å². The summed E-state index contributed by atoms with van der Waals surface area (Å²) in [4.78, 5) is 24.7. The summed E-state index contributed by atoms with van der Waals surface area (Å²) in [6.45, 7) is 3.96. The Morgan fingerprint density at radius 3 is 2.61 bits per heavy atom. The lowest BCUT2D eigenvalue weighted by molar-refractivity contribution is -0.143. The first kappa shape index (κ1) is 14.2. The minimum absolute atomic E-state index is 0.0562. The number of rotatable bonds is 5. The Morgan fingerprint density at radius 2 is 2.11 bits per heavy atom. The van der Waals surface area contributed by atoms with Crippen molar-refractivity contribution >= 4 is 11.9 Å². The first-order valence-corrected chi connectivity index (χ1v) is 5.93. The monoisotopic (exact) mass is 253 g/mol. The molecule has 0 aromatic carbocycles. The summed E-state index contributed by atoms with van der Waals surface area (Å²) in [6, 6.07) is 1.74. The van der Waals surface area contributed by atoms with Gasteiger partial charge in [-0.05, 0) is 19.4 Å². The Hall–Kier alpha value is -1.85. The summed E-state index contributed by atoms with van der Waals surface area (Å²) in [6.07, 6.45) is 0.767. The van der Waals surface area contributed by atoms with Crippen LogP contribution in [0.1, 0.15) is 30.0 Å². The van der Waals surface area contributed by atoms with E-state index in [9.17, 15) is 9.59 Å². The molecule has 0 aliphatic heterocycles. The van der Waals surface area contributed by atoms with Gasteiger partial charge in [0.15, 0.2) is 0 Å². The number of esters is 1. The number of carbonyl (C=O) groups is 2. The Morgan fingerprint density at radius 1 is 1.44 bits per heavy atom. The maximum Gasteiger partial charge on any atom is 0.325 e. The molecule has 0 N–H and O–H groups in total. The van der Waals surface area contributed by atoms with Crippen LogP contribution in [0.25, 0.3) is 0 Å². The summed E-state index contributed by atoms with van der Waals surface area (Å²) in [5.41, 5.74) is 1.32. The number of amides is 1. The molecule has 0 unspecified atom stereocenters. The van der Waals surface area contributed by atoms with E-state index in [1.54, 1.807) is 27.1 Å². The Kier molecular flexibility index (Phi) is 4.88. The molecule has 0 spiro atoms. The van der Waals surface area contributed by atoms with E-state index in [-0.39, 0.29) is 12.5 Å². The molecular weight excluding hydrogens is 234 g/mol. The average Bonchev–Trinajstić information content (AvgIpc) is 2.69. The zero-order chi connectivity index (χ0) is 13.7. The van der Waals surface area contributed by atoms with Crippen LogP contribution < -0.4 is 0 Å². The van der Waals surface area contributed by atoms with Crippen LogP contribution >= 0.6 is 0 Å². The SMILES string of the molecule is CCOC(=O)CN(C)C(=O)c1cc(CC)nn1C. The number of hydrogen-bond acceptors (Lipinski definition) is 4. The minimum Gasteiger partial charge on any atom is -0.465 e. The van der Waals surface area contributed by atoms with Gasteiger partial charge in [-0.2, -0.15) is 5.10 Å². The molecule has 0 fully saturated rings. The van der Waals surface area contributed by atoms with Crippen LogP contribution in [-0.4, -0.2) is 46.8 Å². The first-order valence-electron chi connectivity index (χ1n) is 5.93. The standard InChI is InChI=1S/C12H19N3O3/c1-5-9-7-10(15(4)13-9)12(17)14(3)8-11(16)18-6-2/h7H,5-6,8H2,1-4H3. The van der Waals surface area contributed by atoms with Crippen molar-refractivity contribution < 1.29 is 14.3 Å². The van der Waals surface area contributed by atoms with Gasteiger partial charge < -0.3 is 9.64 Å². The predicted octanol–water partition coefficient (Wildman–Crippen LogP) is 0.618. The van der Waals surface area contributed by atoms with Crippen molar-refractivity contribution in [1.82, 2.24) is 14.7 Å². The number of likely N-dealkylation sites (N-methyl/N-ethyl adjacent to an activating group) is 1. The van der Waals surface area contributed by atoms with Crippen LogP contribution in [0.5, 0.6) is 0 Å². The van der Waals surface area contributed by atoms with E-state index in [2.05, 4.69) is 5.10 Å². The molecule has 0 bridgehead atoms. The van der Waals surface area contributed by atoms with E-state index in [1.807, 2.05) is 6.92 Å². The van der Waals surface area contributed by atoms with Crippen molar-refractivity contribution in [3.05, 3.63) is 17.5 Å². The highest BCUT2D eigenvalue weighted by Gasteiger charge is 2.19. The Bertz CT molecular complexity index is 440. The van der Waals surface area contributed by atoms with Crippen LogP contribution in [-0.2, 0) is 23.0 Å². The molecule has 18 heavy (non-hydrogen) atoms. The molecule has 1 amide bonds. The number of carbonyl (C=O) groups excluding carboxylic acids is 2. The minimum atomic E-state index is -0.411. The number of ether oxygens (including phenoxy) is 1. The van der Waals surface area contributed by atoms with Gasteiger partial charge in [-0.25, -0.2) is 0 Å². The summed E-state index contributed by atoms with van der Waals surface area (Å²) < 4.78 is 6.33. The number of nitrogens with zero attached hydrogens (tertiary/aromatic N) is 3. The van der Waals surface area contributed by atoms with Crippen molar-refractivity contribution in [1.29, 1.82) is 0 Å². The van der Waals surface area contributed by atoms with Gasteiger partial charge in [-0.15, -0.1) is 0 Å². The summed E-state index contributed by atoms with van der Waals surface area (Å²) in [5, 5.41) is 4.20. The highest BCUT2D eigenvalue weighted by Crippen LogP contribution is 2.06. The number of aromatic nitrogens is 2. The molecule has 0 radical (unpaired) electrons. The number of aryl methyl sites for hydroxylation is 2. The van der Waals surface area contributed by atoms with Gasteiger partial charge >= 0.3 is 5.97 Å². The van der Waals surface area contributed by atoms with Crippen LogP contribution in [0.15, 0.2) is 6.07 Å². The van der Waals surface area contributed by atoms with Crippen LogP contribution in [0.3, 0.4) is 0 Å². The highest BCUT2D eigenvalue weighted by atomic mass is 16.5. The third kappa shape index (κ3) is 3.32. The zero-order valence-corrected chi connectivity index (χ0v) is 11.3. The van der Waals surface area contributed by atoms with E-state index < -0.39 is 5.97 Å². The second-order valence-electron chi connectivity index (χ2n) is 3.96. The third-order valence-electron chi connectivity index (χ3n) is 2.53. The first-order chi connectivity index (χ1) is 8.49. The van der Waals surface area contributed by atoms with E-state index >= 15 is 0 Å². The largest absolute Gasteiger partial charge is 0.465 e. The second kappa shape index (κ2) is 6.18. The molecule has 1 aromatic rings. The summed E-state index contributed by atoms with van der Waals surface area (Å²) >= 11 is 0. The summed E-state index contributed by atoms with van der Waals surface area (Å²) in [7, 11) is 3.28. The van der Waals surface area contributed by atoms with Gasteiger partial charge in [0.1, 0.15) is 12.2 Å². The van der Waals surface area contributed by atoms with Gasteiger partial charge in [0.25, 0.3) is 5.91 Å². The third-order valence-corrected chi connectivity index (χ3v) is 2.53. The molecule has 6 nitrogen and oxygen atoms in total. The predicted molar refractivity (Wildman–Crippen MR) is 66.2 cm³/mol. The van der Waals surface area contributed by atoms with Crippen molar-refractivity contribution in [2.45, 2.75) is 20.3 Å². The molecule has 1 aromatic heterocycles. The van der Waals surface area contributed by atoms with Crippen LogP contribution in [0.2, 0.25) is 0 Å². The van der Waals surface area contributed by atoms with E-state index in [4.69, 9.17) is 4.74 Å². The van der Waals surface area contributed by atoms with Crippen molar-refractivity contribution in [2.75, 3.05) is 20.2 Å². The summed E-state index contributed by atoms with van der Waals surface area (Å²) in [5.74, 6) is -0.649. The van der Waals surface area contributed by atoms with Crippen molar-refractivity contribution in [3.63, 3.8) is 0 Å². The Balaban J connectivity index is 2.73. The molecule has 1 rings (SSSR count). The van der Waals surface area contributed by atoms with Gasteiger partial charge in [-0.3, -0.25) is 14.3 Å². The smallest absolute Gasteiger partial charge is 0.325 e. The van der Waals surface area contributed by atoms with Gasteiger partial charge in [0.2, 0.25) is 0 Å². The fourth-order valence-electron chi connectivity index (χ4n) is 1.57. The Labute approximate surface area is 107 Å². The molecule has 0 saturated carbocycles. The maximum atomic E-state index is 12.1. The van der Waals surface area contributed by atoms with E-state index in [0.717, 1.165) is 12.1 Å². The number of hydrogen-bond donors (Lipinski definition) is 0. The second-order valence-corrected chi connectivity index (χ2v) is 3.96. The van der Waals surface area contributed by atoms with Gasteiger partial charge in [0, 0.05) is 14.1 Å². The molecular formula is C12H19N3O3.